The number of fused-ring (bicyclic) bond motifs is 5. The average Bonchev–Trinajstić information content (AvgIpc) is 3.00. The summed E-state index contributed by atoms with van der Waals surface area (Å²) in [5.41, 5.74) is -2.06. The fourth-order valence-corrected chi connectivity index (χ4v) is 8.60. The Labute approximate surface area is 194 Å². The third kappa shape index (κ3) is 2.54. The lowest BCUT2D eigenvalue weighted by Crippen LogP contribution is -2.70. The highest BCUT2D eigenvalue weighted by atomic mass is 35.5. The number of aliphatic hydroxyl groups excluding tert-OH is 1. The fourth-order valence-electron chi connectivity index (χ4n) is 8.11. The van der Waals surface area contributed by atoms with Gasteiger partial charge in [-0.25, -0.2) is 4.79 Å². The minimum absolute atomic E-state index is 0.0609. The molecule has 3 saturated carbocycles. The first-order chi connectivity index (χ1) is 15.0. The Kier molecular flexibility index (Phi) is 5.45. The zero-order valence-corrected chi connectivity index (χ0v) is 20.1. The van der Waals surface area contributed by atoms with Crippen molar-refractivity contribution in [3.8, 4) is 0 Å². The number of halogens is 1. The van der Waals surface area contributed by atoms with E-state index in [2.05, 4.69) is 6.92 Å². The number of ketones is 1. The zero-order valence-electron chi connectivity index (χ0n) is 19.4. The molecule has 0 bridgehead atoms. The molecule has 4 rings (SSSR count). The summed E-state index contributed by atoms with van der Waals surface area (Å²) in [6.07, 6.45) is 6.22. The lowest BCUT2D eigenvalue weighted by molar-refractivity contribution is -0.209. The predicted molar refractivity (Wildman–Crippen MR) is 119 cm³/mol. The number of alkyl halides is 1. The van der Waals surface area contributed by atoms with Gasteiger partial charge in [0.2, 0.25) is 5.60 Å². The average molecular weight is 465 g/mol. The summed E-state index contributed by atoms with van der Waals surface area (Å²) in [6.45, 7) is 8.34. The molecule has 0 saturated heterocycles. The van der Waals surface area contributed by atoms with Crippen LogP contribution in [0.4, 0.5) is 0 Å². The summed E-state index contributed by atoms with van der Waals surface area (Å²) in [6, 6.07) is 0. The van der Waals surface area contributed by atoms with Gasteiger partial charge in [0.1, 0.15) is 0 Å². The second kappa shape index (κ2) is 7.42. The van der Waals surface area contributed by atoms with E-state index in [1.54, 1.807) is 12.2 Å². The van der Waals surface area contributed by atoms with E-state index in [0.29, 0.717) is 25.7 Å². The molecule has 32 heavy (non-hydrogen) atoms. The van der Waals surface area contributed by atoms with Crippen LogP contribution < -0.4 is 0 Å². The van der Waals surface area contributed by atoms with Crippen LogP contribution in [0.2, 0.25) is 0 Å². The molecule has 0 spiro atoms. The predicted octanol–water partition coefficient (Wildman–Crippen LogP) is 3.59. The maximum atomic E-state index is 13.2. The Morgan fingerprint density at radius 2 is 2.00 bits per heavy atom. The zero-order chi connectivity index (χ0) is 23.7. The van der Waals surface area contributed by atoms with Crippen molar-refractivity contribution in [2.45, 2.75) is 70.0 Å². The molecule has 7 heteroatoms. The molecule has 3 unspecified atom stereocenters. The van der Waals surface area contributed by atoms with Crippen LogP contribution in [0.3, 0.4) is 0 Å². The first-order valence-corrected chi connectivity index (χ1v) is 11.9. The number of esters is 1. The number of allylic oxidation sites excluding steroid dienone is 4. The number of carbonyl (C=O) groups excluding carboxylic acids is 3. The largest absolute Gasteiger partial charge is 0.466 e. The van der Waals surface area contributed by atoms with Gasteiger partial charge in [0.05, 0.1) is 18.1 Å². The van der Waals surface area contributed by atoms with Crippen LogP contribution in [0, 0.1) is 34.5 Å². The van der Waals surface area contributed by atoms with Gasteiger partial charge in [-0.1, -0.05) is 39.3 Å². The van der Waals surface area contributed by atoms with Gasteiger partial charge in [-0.3, -0.25) is 9.59 Å². The van der Waals surface area contributed by atoms with E-state index in [9.17, 15) is 19.5 Å². The van der Waals surface area contributed by atoms with Crippen LogP contribution in [-0.4, -0.2) is 47.0 Å². The second-order valence-electron chi connectivity index (χ2n) is 10.6. The van der Waals surface area contributed by atoms with Gasteiger partial charge in [0.15, 0.2) is 5.78 Å². The highest BCUT2D eigenvalue weighted by Gasteiger charge is 2.77. The fraction of sp³-hybridized carbons (Fsp3) is 0.720. The van der Waals surface area contributed by atoms with Crippen molar-refractivity contribution in [3.63, 3.8) is 0 Å². The molecule has 0 aromatic carbocycles. The summed E-state index contributed by atoms with van der Waals surface area (Å²) in [7, 11) is 1.30. The van der Waals surface area contributed by atoms with Crippen molar-refractivity contribution < 1.29 is 29.0 Å². The summed E-state index contributed by atoms with van der Waals surface area (Å²) in [5, 5.41) is 11.7. The SMILES string of the molecule is CCC1CC2C3C[C@H](C)C4=CC(=O)C=C[C@]4(C)[C@@]3(Cl)[C@@H](O)C[C@]2(C)[C@@]1(OC=O)C(=O)OC. The normalized spacial score (nSPS) is 49.4. The standard InChI is InChI=1S/C25H33ClO6/c1-6-15-10-18-19-9-14(2)17-11-16(28)7-8-22(17,3)24(19,26)20(29)12-23(18,4)25(15,32-13-27)21(30)31-5/h7-8,11,13-15,18-20,29H,6,9-10,12H2,1-5H3/t14-,15?,18?,19?,20-,22-,23-,24-,25-/m0/s1. The Balaban J connectivity index is 1.90. The monoisotopic (exact) mass is 464 g/mol. The number of carbonyl (C=O) groups is 3. The molecule has 0 aromatic heterocycles. The molecule has 3 fully saturated rings. The topological polar surface area (TPSA) is 89.9 Å². The lowest BCUT2D eigenvalue weighted by Gasteiger charge is -2.64. The van der Waals surface area contributed by atoms with Crippen LogP contribution in [0.1, 0.15) is 53.4 Å². The van der Waals surface area contributed by atoms with Crippen molar-refractivity contribution in [2.75, 3.05) is 7.11 Å². The maximum absolute atomic E-state index is 13.2. The summed E-state index contributed by atoms with van der Waals surface area (Å²) in [5.74, 6) is -1.02. The van der Waals surface area contributed by atoms with Crippen molar-refractivity contribution in [1.82, 2.24) is 0 Å². The molecular formula is C25H33ClO6. The maximum Gasteiger partial charge on any atom is 0.351 e. The van der Waals surface area contributed by atoms with E-state index in [1.165, 1.54) is 7.11 Å². The quantitative estimate of drug-likeness (QED) is 0.388. The lowest BCUT2D eigenvalue weighted by atomic mass is 9.44. The van der Waals surface area contributed by atoms with Gasteiger partial charge in [0, 0.05) is 16.7 Å². The molecule has 9 atom stereocenters. The number of aliphatic hydroxyl groups is 1. The molecular weight excluding hydrogens is 432 g/mol. The van der Waals surface area contributed by atoms with E-state index in [4.69, 9.17) is 21.1 Å². The van der Waals surface area contributed by atoms with Crippen LogP contribution in [0.25, 0.3) is 0 Å². The summed E-state index contributed by atoms with van der Waals surface area (Å²) >= 11 is 7.48. The number of ether oxygens (including phenoxy) is 2. The van der Waals surface area contributed by atoms with Crippen LogP contribution in [0.15, 0.2) is 23.8 Å². The Morgan fingerprint density at radius 1 is 1.31 bits per heavy atom. The summed E-state index contributed by atoms with van der Waals surface area (Å²) < 4.78 is 10.8. The van der Waals surface area contributed by atoms with Crippen LogP contribution in [0.5, 0.6) is 0 Å². The van der Waals surface area contributed by atoms with Crippen molar-refractivity contribution >= 4 is 29.8 Å². The van der Waals surface area contributed by atoms with Gasteiger partial charge in [0.25, 0.3) is 6.47 Å². The van der Waals surface area contributed by atoms with Crippen LogP contribution >= 0.6 is 11.6 Å². The van der Waals surface area contributed by atoms with E-state index < -0.39 is 33.4 Å². The van der Waals surface area contributed by atoms with E-state index in [0.717, 1.165) is 5.57 Å². The van der Waals surface area contributed by atoms with Crippen molar-refractivity contribution in [1.29, 1.82) is 0 Å². The first-order valence-electron chi connectivity index (χ1n) is 11.5. The van der Waals surface area contributed by atoms with Gasteiger partial charge >= 0.3 is 5.97 Å². The number of hydrogen-bond donors (Lipinski definition) is 1. The molecule has 0 aliphatic heterocycles. The Bertz CT molecular complexity index is 912. The number of methoxy groups -OCH3 is 1. The molecule has 1 N–H and O–H groups in total. The van der Waals surface area contributed by atoms with Gasteiger partial charge < -0.3 is 14.6 Å². The third-order valence-corrected chi connectivity index (χ3v) is 10.5. The number of rotatable bonds is 4. The highest BCUT2D eigenvalue weighted by Crippen LogP contribution is 2.73. The Morgan fingerprint density at radius 3 is 2.59 bits per heavy atom. The Hall–Kier alpha value is -1.66. The van der Waals surface area contributed by atoms with Crippen LogP contribution in [-0.2, 0) is 23.9 Å². The van der Waals surface area contributed by atoms with Gasteiger partial charge in [-0.2, -0.15) is 0 Å². The summed E-state index contributed by atoms with van der Waals surface area (Å²) in [4.78, 5) is 36.0. The molecule has 0 radical (unpaired) electrons. The molecule has 4 aliphatic carbocycles. The van der Waals surface area contributed by atoms with Gasteiger partial charge in [-0.05, 0) is 55.6 Å². The third-order valence-electron chi connectivity index (χ3n) is 9.54. The van der Waals surface area contributed by atoms with Crippen molar-refractivity contribution in [2.24, 2.45) is 34.5 Å². The smallest absolute Gasteiger partial charge is 0.351 e. The molecule has 0 heterocycles. The van der Waals surface area contributed by atoms with Crippen molar-refractivity contribution in [3.05, 3.63) is 23.8 Å². The number of hydrogen-bond acceptors (Lipinski definition) is 6. The van der Waals surface area contributed by atoms with E-state index >= 15 is 0 Å². The first kappa shape index (κ1) is 23.5. The molecule has 6 nitrogen and oxygen atoms in total. The minimum atomic E-state index is -1.47. The van der Waals surface area contributed by atoms with E-state index in [1.807, 2.05) is 26.8 Å². The molecule has 4 aliphatic rings. The molecule has 0 amide bonds. The van der Waals surface area contributed by atoms with Gasteiger partial charge in [-0.15, -0.1) is 11.6 Å². The molecule has 176 valence electrons. The minimum Gasteiger partial charge on any atom is -0.466 e. The molecule has 0 aromatic rings. The second-order valence-corrected chi connectivity index (χ2v) is 11.2. The highest BCUT2D eigenvalue weighted by molar-refractivity contribution is 6.26. The van der Waals surface area contributed by atoms with E-state index in [-0.39, 0.29) is 35.9 Å².